The summed E-state index contributed by atoms with van der Waals surface area (Å²) in [5.74, 6) is 1.45. The van der Waals surface area contributed by atoms with Gasteiger partial charge in [0.05, 0.1) is 0 Å². The molecule has 6 heteroatoms. The Kier molecular flexibility index (Phi) is 6.54. The zero-order chi connectivity index (χ0) is 13.9. The molecule has 1 saturated carbocycles. The van der Waals surface area contributed by atoms with E-state index in [1.165, 1.54) is 6.42 Å². The molecule has 2 fully saturated rings. The predicted molar refractivity (Wildman–Crippen MR) is 92.5 cm³/mol. The Hall–Kier alpha value is -0.530. The van der Waals surface area contributed by atoms with Gasteiger partial charge in [0.1, 0.15) is 0 Å². The third-order valence-electron chi connectivity index (χ3n) is 3.84. The van der Waals surface area contributed by atoms with Crippen LogP contribution in [0.25, 0.3) is 0 Å². The lowest BCUT2D eigenvalue weighted by molar-refractivity contribution is -0.122. The Morgan fingerprint density at radius 3 is 2.45 bits per heavy atom. The number of nitrogens with zero attached hydrogens (tertiary/aromatic N) is 2. The third-order valence-corrected chi connectivity index (χ3v) is 3.84. The summed E-state index contributed by atoms with van der Waals surface area (Å²) < 4.78 is 0. The molecule has 0 atom stereocenters. The van der Waals surface area contributed by atoms with Gasteiger partial charge in [0.15, 0.2) is 5.96 Å². The van der Waals surface area contributed by atoms with Gasteiger partial charge in [-0.05, 0) is 24.7 Å². The maximum absolute atomic E-state index is 11.5. The monoisotopic (exact) mass is 394 g/mol. The topological polar surface area (TPSA) is 56.7 Å². The minimum Gasteiger partial charge on any atom is -0.354 e. The van der Waals surface area contributed by atoms with E-state index in [1.807, 2.05) is 7.05 Å². The van der Waals surface area contributed by atoms with Crippen LogP contribution in [0.3, 0.4) is 0 Å². The first-order valence-corrected chi connectivity index (χ1v) is 7.25. The quantitative estimate of drug-likeness (QED) is 0.328. The van der Waals surface area contributed by atoms with E-state index in [9.17, 15) is 4.79 Å². The first-order chi connectivity index (χ1) is 9.02. The molecule has 1 saturated heterocycles. The van der Waals surface area contributed by atoms with Crippen LogP contribution in [0, 0.1) is 11.3 Å². The van der Waals surface area contributed by atoms with Gasteiger partial charge in [-0.1, -0.05) is 13.8 Å². The van der Waals surface area contributed by atoms with E-state index in [2.05, 4.69) is 34.4 Å². The summed E-state index contributed by atoms with van der Waals surface area (Å²) in [4.78, 5) is 18.1. The number of aliphatic imine (C=N–C) groups is 1. The van der Waals surface area contributed by atoms with E-state index in [1.54, 1.807) is 0 Å². The molecule has 1 aliphatic heterocycles. The first-order valence-electron chi connectivity index (χ1n) is 7.25. The molecule has 5 nitrogen and oxygen atoms in total. The molecule has 1 aliphatic carbocycles. The standard InChI is InChI=1S/C14H26N4O.HI/c1-14(2)6-9-18(10-14)13(15-3)17-8-7-16-12(19)11-4-5-11;/h11H,4-10H2,1-3H3,(H,15,17)(H,16,19);1H. The number of rotatable bonds is 4. The molecule has 0 radical (unpaired) electrons. The van der Waals surface area contributed by atoms with Crippen LogP contribution in [0.4, 0.5) is 0 Å². The number of carbonyl (C=O) groups is 1. The largest absolute Gasteiger partial charge is 0.354 e. The summed E-state index contributed by atoms with van der Waals surface area (Å²) in [5.41, 5.74) is 0.373. The van der Waals surface area contributed by atoms with Crippen molar-refractivity contribution in [2.75, 3.05) is 33.2 Å². The molecule has 0 aromatic rings. The molecule has 116 valence electrons. The van der Waals surface area contributed by atoms with E-state index in [0.29, 0.717) is 17.9 Å². The normalized spacial score (nSPS) is 21.4. The molecule has 1 amide bonds. The first kappa shape index (κ1) is 17.5. The lowest BCUT2D eigenvalue weighted by atomic mass is 9.93. The summed E-state index contributed by atoms with van der Waals surface area (Å²) in [6, 6.07) is 0. The second-order valence-electron chi connectivity index (χ2n) is 6.38. The van der Waals surface area contributed by atoms with Gasteiger partial charge in [-0.15, -0.1) is 24.0 Å². The molecule has 0 aromatic carbocycles. The van der Waals surface area contributed by atoms with Crippen LogP contribution < -0.4 is 10.6 Å². The second kappa shape index (κ2) is 7.47. The molecular weight excluding hydrogens is 367 g/mol. The second-order valence-corrected chi connectivity index (χ2v) is 6.38. The Balaban J connectivity index is 0.00000200. The van der Waals surface area contributed by atoms with Crippen molar-refractivity contribution in [2.24, 2.45) is 16.3 Å². The lowest BCUT2D eigenvalue weighted by Crippen LogP contribution is -2.43. The molecule has 2 N–H and O–H groups in total. The fraction of sp³-hybridized carbons (Fsp3) is 0.857. The maximum Gasteiger partial charge on any atom is 0.223 e. The number of guanidine groups is 1. The van der Waals surface area contributed by atoms with Crippen molar-refractivity contribution in [3.63, 3.8) is 0 Å². The van der Waals surface area contributed by atoms with Gasteiger partial charge in [0.2, 0.25) is 5.91 Å². The van der Waals surface area contributed by atoms with Crippen molar-refractivity contribution < 1.29 is 4.79 Å². The molecule has 1 heterocycles. The number of hydrogen-bond donors (Lipinski definition) is 2. The average molecular weight is 394 g/mol. The van der Waals surface area contributed by atoms with Crippen molar-refractivity contribution >= 4 is 35.8 Å². The maximum atomic E-state index is 11.5. The zero-order valence-electron chi connectivity index (χ0n) is 12.7. The molecule has 2 aliphatic rings. The fourth-order valence-electron chi connectivity index (χ4n) is 2.48. The highest BCUT2D eigenvalue weighted by Gasteiger charge is 2.31. The number of nitrogens with one attached hydrogen (secondary N) is 2. The Morgan fingerprint density at radius 1 is 1.30 bits per heavy atom. The number of hydrogen-bond acceptors (Lipinski definition) is 2. The van der Waals surface area contributed by atoms with E-state index in [-0.39, 0.29) is 29.9 Å². The van der Waals surface area contributed by atoms with Crippen LogP contribution in [-0.4, -0.2) is 50.0 Å². The number of likely N-dealkylation sites (tertiary alicyclic amines) is 1. The Morgan fingerprint density at radius 2 is 1.95 bits per heavy atom. The van der Waals surface area contributed by atoms with Crippen LogP contribution in [0.2, 0.25) is 0 Å². The number of carbonyl (C=O) groups excluding carboxylic acids is 1. The smallest absolute Gasteiger partial charge is 0.223 e. The minimum absolute atomic E-state index is 0. The highest BCUT2D eigenvalue weighted by Crippen LogP contribution is 2.29. The predicted octanol–water partition coefficient (Wildman–Crippen LogP) is 1.44. The van der Waals surface area contributed by atoms with Gasteiger partial charge >= 0.3 is 0 Å². The van der Waals surface area contributed by atoms with Crippen molar-refractivity contribution in [3.05, 3.63) is 0 Å². The molecule has 0 unspecified atom stereocenters. The van der Waals surface area contributed by atoms with E-state index < -0.39 is 0 Å². The molecule has 20 heavy (non-hydrogen) atoms. The zero-order valence-corrected chi connectivity index (χ0v) is 15.1. The summed E-state index contributed by atoms with van der Waals surface area (Å²) in [5, 5.41) is 6.28. The average Bonchev–Trinajstić information content (AvgIpc) is 3.14. The van der Waals surface area contributed by atoms with Crippen LogP contribution in [0.1, 0.15) is 33.1 Å². The van der Waals surface area contributed by atoms with Gasteiger partial charge < -0.3 is 15.5 Å². The van der Waals surface area contributed by atoms with Crippen LogP contribution >= 0.6 is 24.0 Å². The van der Waals surface area contributed by atoms with Crippen molar-refractivity contribution in [3.8, 4) is 0 Å². The van der Waals surface area contributed by atoms with Crippen molar-refractivity contribution in [1.82, 2.24) is 15.5 Å². The summed E-state index contributed by atoms with van der Waals surface area (Å²) in [7, 11) is 1.82. The Bertz CT molecular complexity index is 366. The van der Waals surface area contributed by atoms with E-state index in [4.69, 9.17) is 0 Å². The van der Waals surface area contributed by atoms with Gasteiger partial charge in [-0.2, -0.15) is 0 Å². The van der Waals surface area contributed by atoms with Gasteiger partial charge in [0, 0.05) is 39.1 Å². The number of amides is 1. The molecule has 0 bridgehead atoms. The van der Waals surface area contributed by atoms with Gasteiger partial charge in [-0.3, -0.25) is 9.79 Å². The van der Waals surface area contributed by atoms with Gasteiger partial charge in [-0.25, -0.2) is 0 Å². The summed E-state index contributed by atoms with van der Waals surface area (Å²) in [6.45, 7) is 8.09. The SMILES string of the molecule is CN=C(NCCNC(=O)C1CC1)N1CCC(C)(C)C1.I. The van der Waals surface area contributed by atoms with Crippen LogP contribution in [0.15, 0.2) is 4.99 Å². The lowest BCUT2D eigenvalue weighted by Gasteiger charge is -2.23. The summed E-state index contributed by atoms with van der Waals surface area (Å²) >= 11 is 0. The highest BCUT2D eigenvalue weighted by molar-refractivity contribution is 14.0. The highest BCUT2D eigenvalue weighted by atomic mass is 127. The van der Waals surface area contributed by atoms with E-state index in [0.717, 1.165) is 38.4 Å². The summed E-state index contributed by atoms with van der Waals surface area (Å²) in [6.07, 6.45) is 3.32. The van der Waals surface area contributed by atoms with Gasteiger partial charge in [0.25, 0.3) is 0 Å². The van der Waals surface area contributed by atoms with Crippen LogP contribution in [-0.2, 0) is 4.79 Å². The molecule has 2 rings (SSSR count). The molecular formula is C14H27IN4O. The van der Waals surface area contributed by atoms with Crippen molar-refractivity contribution in [2.45, 2.75) is 33.1 Å². The van der Waals surface area contributed by atoms with Crippen LogP contribution in [0.5, 0.6) is 0 Å². The van der Waals surface area contributed by atoms with Crippen molar-refractivity contribution in [1.29, 1.82) is 0 Å². The Labute approximate surface area is 139 Å². The molecule has 0 spiro atoms. The number of halogens is 1. The third kappa shape index (κ3) is 5.10. The van der Waals surface area contributed by atoms with E-state index >= 15 is 0 Å². The molecule has 0 aromatic heterocycles. The minimum atomic E-state index is 0. The fourth-order valence-corrected chi connectivity index (χ4v) is 2.48.